The molecule has 1 fully saturated rings. The number of nitro groups is 1. The Morgan fingerprint density at radius 1 is 1.23 bits per heavy atom. The number of nitrogens with zero attached hydrogens (tertiary/aromatic N) is 2. The molecule has 1 aliphatic rings. The number of carbonyl (C=O) groups is 2. The molecule has 7 nitrogen and oxygen atoms in total. The zero-order valence-electron chi connectivity index (χ0n) is 13.3. The lowest BCUT2D eigenvalue weighted by Gasteiger charge is -2.16. The molecule has 1 aliphatic heterocycles. The first-order chi connectivity index (χ1) is 12.3. The third-order valence-corrected chi connectivity index (χ3v) is 4.03. The van der Waals surface area contributed by atoms with Crippen molar-refractivity contribution < 1.29 is 23.3 Å². The second kappa shape index (κ2) is 6.87. The van der Waals surface area contributed by atoms with Crippen molar-refractivity contribution in [3.05, 3.63) is 64.2 Å². The van der Waals surface area contributed by atoms with Gasteiger partial charge in [0.15, 0.2) is 0 Å². The number of hydrogen-bond acceptors (Lipinski definition) is 4. The van der Waals surface area contributed by atoms with Gasteiger partial charge in [-0.15, -0.1) is 0 Å². The molecule has 1 N–H and O–H groups in total. The molecule has 2 amide bonds. The minimum absolute atomic E-state index is 0.0111. The fourth-order valence-electron chi connectivity index (χ4n) is 2.75. The minimum atomic E-state index is -1.01. The van der Waals surface area contributed by atoms with Crippen LogP contribution in [-0.2, 0) is 9.59 Å². The second-order valence-electron chi connectivity index (χ2n) is 5.80. The van der Waals surface area contributed by atoms with E-state index in [4.69, 9.17) is 0 Å². The summed E-state index contributed by atoms with van der Waals surface area (Å²) in [5.74, 6) is -3.11. The van der Waals surface area contributed by atoms with E-state index in [1.165, 1.54) is 29.2 Å². The standard InChI is InChI=1S/C17H13F2N3O4/c18-11-2-1-3-12(7-11)20-17(24)10-6-16(23)21(9-10)13-4-5-14(19)15(8-13)22(25)26/h1-5,7-8,10H,6,9H2,(H,20,24). The number of anilines is 2. The van der Waals surface area contributed by atoms with E-state index < -0.39 is 40.0 Å². The smallest absolute Gasteiger partial charge is 0.306 e. The first-order valence-electron chi connectivity index (χ1n) is 7.66. The summed E-state index contributed by atoms with van der Waals surface area (Å²) in [5.41, 5.74) is -0.342. The van der Waals surface area contributed by atoms with Crippen LogP contribution in [0.25, 0.3) is 0 Å². The van der Waals surface area contributed by atoms with E-state index in [1.807, 2.05) is 0 Å². The molecule has 0 saturated carbocycles. The molecule has 1 saturated heterocycles. The van der Waals surface area contributed by atoms with Gasteiger partial charge in [-0.1, -0.05) is 6.07 Å². The summed E-state index contributed by atoms with van der Waals surface area (Å²) >= 11 is 0. The van der Waals surface area contributed by atoms with Crippen LogP contribution in [0.2, 0.25) is 0 Å². The minimum Gasteiger partial charge on any atom is -0.326 e. The predicted octanol–water partition coefficient (Wildman–Crippen LogP) is 2.86. The van der Waals surface area contributed by atoms with Crippen LogP contribution in [0.5, 0.6) is 0 Å². The number of rotatable bonds is 4. The van der Waals surface area contributed by atoms with Gasteiger partial charge < -0.3 is 10.2 Å². The van der Waals surface area contributed by atoms with Gasteiger partial charge in [0.1, 0.15) is 5.82 Å². The van der Waals surface area contributed by atoms with Crippen LogP contribution in [0.3, 0.4) is 0 Å². The molecule has 1 unspecified atom stereocenters. The van der Waals surface area contributed by atoms with Crippen molar-refractivity contribution in [3.8, 4) is 0 Å². The average molecular weight is 361 g/mol. The SMILES string of the molecule is O=C(Nc1cccc(F)c1)C1CC(=O)N(c2ccc(F)c([N+](=O)[O-])c2)C1. The summed E-state index contributed by atoms with van der Waals surface area (Å²) < 4.78 is 26.6. The van der Waals surface area contributed by atoms with E-state index in [9.17, 15) is 28.5 Å². The Kier molecular flexibility index (Phi) is 4.61. The van der Waals surface area contributed by atoms with Crippen molar-refractivity contribution in [2.24, 2.45) is 5.92 Å². The van der Waals surface area contributed by atoms with E-state index in [0.717, 1.165) is 18.2 Å². The summed E-state index contributed by atoms with van der Waals surface area (Å²) in [7, 11) is 0. The normalized spacial score (nSPS) is 16.6. The molecular formula is C17H13F2N3O4. The first-order valence-corrected chi connectivity index (χ1v) is 7.66. The van der Waals surface area contributed by atoms with Crippen molar-refractivity contribution in [2.75, 3.05) is 16.8 Å². The fraction of sp³-hybridized carbons (Fsp3) is 0.176. The summed E-state index contributed by atoms with van der Waals surface area (Å²) in [6, 6.07) is 8.44. The molecule has 9 heteroatoms. The summed E-state index contributed by atoms with van der Waals surface area (Å²) in [4.78, 5) is 35.6. The molecular weight excluding hydrogens is 348 g/mol. The molecule has 1 heterocycles. The van der Waals surface area contributed by atoms with Crippen LogP contribution >= 0.6 is 0 Å². The van der Waals surface area contributed by atoms with Crippen LogP contribution < -0.4 is 10.2 Å². The third kappa shape index (κ3) is 3.51. The van der Waals surface area contributed by atoms with E-state index in [1.54, 1.807) is 0 Å². The van der Waals surface area contributed by atoms with Crippen LogP contribution in [-0.4, -0.2) is 23.3 Å². The Balaban J connectivity index is 1.75. The fourth-order valence-corrected chi connectivity index (χ4v) is 2.75. The zero-order valence-corrected chi connectivity index (χ0v) is 13.3. The maximum Gasteiger partial charge on any atom is 0.306 e. The van der Waals surface area contributed by atoms with Gasteiger partial charge in [0, 0.05) is 24.7 Å². The Hall–Kier alpha value is -3.36. The molecule has 134 valence electrons. The molecule has 0 spiro atoms. The number of halogens is 2. The Morgan fingerprint density at radius 3 is 2.69 bits per heavy atom. The largest absolute Gasteiger partial charge is 0.326 e. The molecule has 0 bridgehead atoms. The van der Waals surface area contributed by atoms with Gasteiger partial charge in [0.25, 0.3) is 0 Å². The topological polar surface area (TPSA) is 92.6 Å². The van der Waals surface area contributed by atoms with Gasteiger partial charge in [-0.05, 0) is 30.3 Å². The molecule has 0 radical (unpaired) electrons. The number of amides is 2. The van der Waals surface area contributed by atoms with Gasteiger partial charge >= 0.3 is 5.69 Å². The maximum absolute atomic E-state index is 13.4. The molecule has 2 aromatic rings. The second-order valence-corrected chi connectivity index (χ2v) is 5.80. The van der Waals surface area contributed by atoms with Crippen LogP contribution in [0.15, 0.2) is 42.5 Å². The number of carbonyl (C=O) groups excluding carboxylic acids is 2. The van der Waals surface area contributed by atoms with Crippen LogP contribution in [0.1, 0.15) is 6.42 Å². The van der Waals surface area contributed by atoms with E-state index >= 15 is 0 Å². The van der Waals surface area contributed by atoms with Crippen molar-refractivity contribution in [3.63, 3.8) is 0 Å². The van der Waals surface area contributed by atoms with Crippen LogP contribution in [0, 0.1) is 27.7 Å². The molecule has 0 aromatic heterocycles. The van der Waals surface area contributed by atoms with Gasteiger partial charge in [0.05, 0.1) is 16.5 Å². The van der Waals surface area contributed by atoms with Crippen LogP contribution in [0.4, 0.5) is 25.8 Å². The lowest BCUT2D eigenvalue weighted by atomic mass is 10.1. The lowest BCUT2D eigenvalue weighted by Crippen LogP contribution is -2.28. The first kappa shape index (κ1) is 17.5. The molecule has 2 aromatic carbocycles. The number of hydrogen-bond donors (Lipinski definition) is 1. The summed E-state index contributed by atoms with van der Waals surface area (Å²) in [6.07, 6.45) is -0.105. The molecule has 0 aliphatic carbocycles. The highest BCUT2D eigenvalue weighted by Gasteiger charge is 2.36. The van der Waals surface area contributed by atoms with Crippen molar-refractivity contribution in [2.45, 2.75) is 6.42 Å². The quantitative estimate of drug-likeness (QED) is 0.669. The van der Waals surface area contributed by atoms with Gasteiger partial charge in [-0.3, -0.25) is 19.7 Å². The number of nitrogens with one attached hydrogen (secondary N) is 1. The highest BCUT2D eigenvalue weighted by atomic mass is 19.1. The monoisotopic (exact) mass is 361 g/mol. The van der Waals surface area contributed by atoms with E-state index in [0.29, 0.717) is 0 Å². The number of nitro benzene ring substituents is 1. The third-order valence-electron chi connectivity index (χ3n) is 4.03. The summed E-state index contributed by atoms with van der Waals surface area (Å²) in [5, 5.41) is 13.4. The summed E-state index contributed by atoms with van der Waals surface area (Å²) in [6.45, 7) is -0.0111. The Morgan fingerprint density at radius 2 is 2.00 bits per heavy atom. The number of benzene rings is 2. The van der Waals surface area contributed by atoms with E-state index in [-0.39, 0.29) is 24.3 Å². The van der Waals surface area contributed by atoms with Gasteiger partial charge in [0.2, 0.25) is 17.6 Å². The Bertz CT molecular complexity index is 903. The van der Waals surface area contributed by atoms with Crippen molar-refractivity contribution >= 4 is 28.9 Å². The predicted molar refractivity (Wildman–Crippen MR) is 88.5 cm³/mol. The van der Waals surface area contributed by atoms with Gasteiger partial charge in [-0.2, -0.15) is 4.39 Å². The Labute approximate surface area is 146 Å². The van der Waals surface area contributed by atoms with Crippen molar-refractivity contribution in [1.29, 1.82) is 0 Å². The molecule has 1 atom stereocenters. The highest BCUT2D eigenvalue weighted by molar-refractivity contribution is 6.03. The highest BCUT2D eigenvalue weighted by Crippen LogP contribution is 2.30. The van der Waals surface area contributed by atoms with Gasteiger partial charge in [-0.25, -0.2) is 4.39 Å². The zero-order chi connectivity index (χ0) is 18.8. The van der Waals surface area contributed by atoms with Crippen molar-refractivity contribution in [1.82, 2.24) is 0 Å². The van der Waals surface area contributed by atoms with E-state index in [2.05, 4.69) is 5.32 Å². The lowest BCUT2D eigenvalue weighted by molar-refractivity contribution is -0.387. The molecule has 3 rings (SSSR count). The maximum atomic E-state index is 13.4. The molecule has 26 heavy (non-hydrogen) atoms. The average Bonchev–Trinajstić information content (AvgIpc) is 2.97.